The van der Waals surface area contributed by atoms with E-state index in [4.69, 9.17) is 0 Å². The van der Waals surface area contributed by atoms with E-state index in [1.54, 1.807) is 32.1 Å². The maximum atomic E-state index is 2.41. The third-order valence-electron chi connectivity index (χ3n) is 4.14. The zero-order valence-corrected chi connectivity index (χ0v) is 9.89. The van der Waals surface area contributed by atoms with Gasteiger partial charge in [0.15, 0.2) is 0 Å². The SMILES string of the molecule is CPC1CCC[C@H]1CC1CCCC1. The molecule has 0 aromatic heterocycles. The molecule has 0 N–H and O–H groups in total. The molecule has 0 radical (unpaired) electrons. The second kappa shape index (κ2) is 4.78. The first kappa shape index (κ1) is 9.97. The lowest BCUT2D eigenvalue weighted by Gasteiger charge is -2.21. The molecule has 0 heterocycles. The lowest BCUT2D eigenvalue weighted by atomic mass is 9.92. The molecular formula is C12H23P. The van der Waals surface area contributed by atoms with Gasteiger partial charge in [-0.15, -0.1) is 8.58 Å². The Balaban J connectivity index is 1.79. The molecule has 2 fully saturated rings. The van der Waals surface area contributed by atoms with Crippen molar-refractivity contribution >= 4 is 8.58 Å². The summed E-state index contributed by atoms with van der Waals surface area (Å²) in [5.41, 5.74) is 1.13. The highest BCUT2D eigenvalue weighted by molar-refractivity contribution is 7.37. The van der Waals surface area contributed by atoms with Gasteiger partial charge in [0.25, 0.3) is 0 Å². The monoisotopic (exact) mass is 198 g/mol. The zero-order valence-electron chi connectivity index (χ0n) is 8.89. The van der Waals surface area contributed by atoms with E-state index in [0.29, 0.717) is 0 Å². The van der Waals surface area contributed by atoms with Crippen molar-refractivity contribution in [2.75, 3.05) is 6.66 Å². The van der Waals surface area contributed by atoms with Crippen LogP contribution in [-0.4, -0.2) is 12.3 Å². The molecule has 0 spiro atoms. The van der Waals surface area contributed by atoms with E-state index < -0.39 is 0 Å². The largest absolute Gasteiger partial charge is 0.122 e. The van der Waals surface area contributed by atoms with Crippen molar-refractivity contribution in [1.29, 1.82) is 0 Å². The molecule has 1 heteroatoms. The summed E-state index contributed by atoms with van der Waals surface area (Å²) in [6, 6.07) is 0. The fourth-order valence-electron chi connectivity index (χ4n) is 3.37. The number of hydrogen-bond acceptors (Lipinski definition) is 0. The predicted octanol–water partition coefficient (Wildman–Crippen LogP) is 4.04. The molecule has 2 unspecified atom stereocenters. The third kappa shape index (κ3) is 2.46. The first-order valence-corrected chi connectivity index (χ1v) is 7.65. The van der Waals surface area contributed by atoms with Gasteiger partial charge in [0.1, 0.15) is 0 Å². The Morgan fingerprint density at radius 1 is 1.00 bits per heavy atom. The molecule has 0 amide bonds. The van der Waals surface area contributed by atoms with Gasteiger partial charge in [0.05, 0.1) is 0 Å². The van der Waals surface area contributed by atoms with Gasteiger partial charge in [-0.3, -0.25) is 0 Å². The van der Waals surface area contributed by atoms with Gasteiger partial charge in [-0.05, 0) is 43.4 Å². The maximum Gasteiger partial charge on any atom is -0.0211 e. The van der Waals surface area contributed by atoms with Crippen LogP contribution in [0.4, 0.5) is 0 Å². The predicted molar refractivity (Wildman–Crippen MR) is 61.9 cm³/mol. The summed E-state index contributed by atoms with van der Waals surface area (Å²) in [4.78, 5) is 0. The molecule has 2 aliphatic rings. The Morgan fingerprint density at radius 2 is 1.77 bits per heavy atom. The van der Waals surface area contributed by atoms with E-state index in [-0.39, 0.29) is 0 Å². The minimum Gasteiger partial charge on any atom is -0.122 e. The summed E-state index contributed by atoms with van der Waals surface area (Å²) in [5, 5.41) is 0. The van der Waals surface area contributed by atoms with Crippen molar-refractivity contribution < 1.29 is 0 Å². The molecule has 2 aliphatic carbocycles. The van der Waals surface area contributed by atoms with Gasteiger partial charge in [0, 0.05) is 0 Å². The Morgan fingerprint density at radius 3 is 2.46 bits per heavy atom. The number of rotatable bonds is 3. The second-order valence-corrected chi connectivity index (χ2v) is 6.29. The highest BCUT2D eigenvalue weighted by Crippen LogP contribution is 2.42. The van der Waals surface area contributed by atoms with E-state index in [2.05, 4.69) is 6.66 Å². The quantitative estimate of drug-likeness (QED) is 0.600. The first-order valence-electron chi connectivity index (χ1n) is 6.07. The van der Waals surface area contributed by atoms with Crippen LogP contribution >= 0.6 is 8.58 Å². The average Bonchev–Trinajstić information content (AvgIpc) is 2.76. The first-order chi connectivity index (χ1) is 6.40. The normalized spacial score (nSPS) is 36.7. The molecule has 0 aliphatic heterocycles. The van der Waals surface area contributed by atoms with Crippen molar-refractivity contribution in [1.82, 2.24) is 0 Å². The molecule has 0 aromatic rings. The number of hydrogen-bond donors (Lipinski definition) is 0. The van der Waals surface area contributed by atoms with Crippen LogP contribution in [0.3, 0.4) is 0 Å². The smallest absolute Gasteiger partial charge is 0.0211 e. The molecule has 3 atom stereocenters. The van der Waals surface area contributed by atoms with Crippen LogP contribution in [0.5, 0.6) is 0 Å². The van der Waals surface area contributed by atoms with Crippen LogP contribution in [0.1, 0.15) is 51.4 Å². The average molecular weight is 198 g/mol. The maximum absolute atomic E-state index is 2.41. The van der Waals surface area contributed by atoms with Gasteiger partial charge in [-0.25, -0.2) is 0 Å². The summed E-state index contributed by atoms with van der Waals surface area (Å²) < 4.78 is 0. The van der Waals surface area contributed by atoms with Gasteiger partial charge in [0.2, 0.25) is 0 Å². The summed E-state index contributed by atoms with van der Waals surface area (Å²) in [5.74, 6) is 2.26. The molecular weight excluding hydrogens is 175 g/mol. The standard InChI is InChI=1S/C12H23P/c1-13-12-8-4-7-11(12)9-10-5-2-3-6-10/h10-13H,2-9H2,1H3/t11-,12?/m0/s1. The molecule has 0 bridgehead atoms. The summed E-state index contributed by atoms with van der Waals surface area (Å²) >= 11 is 0. The minimum atomic E-state index is 1.13. The molecule has 0 saturated heterocycles. The van der Waals surface area contributed by atoms with Crippen LogP contribution in [0.25, 0.3) is 0 Å². The van der Waals surface area contributed by atoms with Crippen LogP contribution < -0.4 is 0 Å². The molecule has 2 saturated carbocycles. The van der Waals surface area contributed by atoms with Crippen LogP contribution in [0, 0.1) is 11.8 Å². The van der Waals surface area contributed by atoms with Gasteiger partial charge < -0.3 is 0 Å². The molecule has 2 rings (SSSR count). The van der Waals surface area contributed by atoms with Crippen LogP contribution in [0.15, 0.2) is 0 Å². The lowest BCUT2D eigenvalue weighted by Crippen LogP contribution is -2.12. The molecule has 76 valence electrons. The van der Waals surface area contributed by atoms with Gasteiger partial charge in [-0.1, -0.05) is 32.1 Å². The molecule has 13 heavy (non-hydrogen) atoms. The van der Waals surface area contributed by atoms with E-state index in [1.807, 2.05) is 0 Å². The fourth-order valence-corrected chi connectivity index (χ4v) is 4.64. The van der Waals surface area contributed by atoms with Crippen molar-refractivity contribution in [3.05, 3.63) is 0 Å². The fraction of sp³-hybridized carbons (Fsp3) is 1.00. The van der Waals surface area contributed by atoms with Gasteiger partial charge >= 0.3 is 0 Å². The summed E-state index contributed by atoms with van der Waals surface area (Å²) in [7, 11) is 1.21. The lowest BCUT2D eigenvalue weighted by molar-refractivity contribution is 0.386. The van der Waals surface area contributed by atoms with Crippen molar-refractivity contribution in [2.24, 2.45) is 11.8 Å². The van der Waals surface area contributed by atoms with Crippen molar-refractivity contribution in [3.8, 4) is 0 Å². The zero-order chi connectivity index (χ0) is 9.10. The van der Waals surface area contributed by atoms with E-state index in [0.717, 1.165) is 17.5 Å². The topological polar surface area (TPSA) is 0 Å². The van der Waals surface area contributed by atoms with Crippen LogP contribution in [0.2, 0.25) is 0 Å². The Kier molecular flexibility index (Phi) is 3.66. The summed E-state index contributed by atoms with van der Waals surface area (Å²) in [6.45, 7) is 2.41. The van der Waals surface area contributed by atoms with Crippen molar-refractivity contribution in [3.63, 3.8) is 0 Å². The Hall–Kier alpha value is 0.430. The Labute approximate surface area is 84.7 Å². The van der Waals surface area contributed by atoms with Crippen molar-refractivity contribution in [2.45, 2.75) is 57.0 Å². The molecule has 0 nitrogen and oxygen atoms in total. The third-order valence-corrected chi connectivity index (χ3v) is 5.64. The summed E-state index contributed by atoms with van der Waals surface area (Å²) in [6.07, 6.45) is 12.4. The second-order valence-electron chi connectivity index (χ2n) is 4.97. The van der Waals surface area contributed by atoms with E-state index in [1.165, 1.54) is 27.8 Å². The van der Waals surface area contributed by atoms with Gasteiger partial charge in [-0.2, -0.15) is 0 Å². The minimum absolute atomic E-state index is 1.13. The Bertz CT molecular complexity index is 149. The highest BCUT2D eigenvalue weighted by Gasteiger charge is 2.29. The van der Waals surface area contributed by atoms with E-state index >= 15 is 0 Å². The van der Waals surface area contributed by atoms with Crippen LogP contribution in [-0.2, 0) is 0 Å². The molecule has 0 aromatic carbocycles. The highest BCUT2D eigenvalue weighted by atomic mass is 31.1. The van der Waals surface area contributed by atoms with E-state index in [9.17, 15) is 0 Å².